The number of aromatic amines is 1. The number of fused-ring (bicyclic) bond motifs is 1. The summed E-state index contributed by atoms with van der Waals surface area (Å²) in [6.45, 7) is 11.7. The van der Waals surface area contributed by atoms with Crippen molar-refractivity contribution >= 4 is 31.5 Å². The highest BCUT2D eigenvalue weighted by Crippen LogP contribution is 2.53. The molecule has 5 aromatic rings. The molecule has 15 nitrogen and oxygen atoms in total. The van der Waals surface area contributed by atoms with E-state index in [1.54, 1.807) is 25.5 Å². The normalized spacial score (nSPS) is 18.7. The number of benzene rings is 3. The summed E-state index contributed by atoms with van der Waals surface area (Å²) in [7, 11) is -0.193. The molecule has 1 aliphatic heterocycles. The van der Waals surface area contributed by atoms with Gasteiger partial charge in [0.05, 0.1) is 43.7 Å². The molecule has 1 aliphatic rings. The Morgan fingerprint density at radius 3 is 2.41 bits per heavy atom. The van der Waals surface area contributed by atoms with Gasteiger partial charge in [0.2, 0.25) is 11.9 Å². The molecule has 1 amide bonds. The van der Waals surface area contributed by atoms with Crippen LogP contribution in [0.4, 0.5) is 5.95 Å². The van der Waals surface area contributed by atoms with Gasteiger partial charge in [0.15, 0.2) is 11.2 Å². The maximum atomic E-state index is 13.0. The fourth-order valence-corrected chi connectivity index (χ4v) is 9.57. The third kappa shape index (κ3) is 10.0. The number of aromatic nitrogens is 4. The lowest BCUT2D eigenvalue weighted by atomic mass is 9.77. The van der Waals surface area contributed by atoms with Crippen LogP contribution in [0.25, 0.3) is 11.2 Å². The number of carbonyl (C=O) groups is 1. The van der Waals surface area contributed by atoms with E-state index in [1.165, 1.54) is 6.33 Å². The Labute approximate surface area is 358 Å². The molecule has 0 saturated carbocycles. The molecule has 16 heteroatoms. The molecule has 1 saturated heterocycles. The second kappa shape index (κ2) is 19.8. The van der Waals surface area contributed by atoms with Crippen molar-refractivity contribution in [2.45, 2.75) is 103 Å². The van der Waals surface area contributed by atoms with E-state index in [4.69, 9.17) is 24.3 Å². The van der Waals surface area contributed by atoms with Gasteiger partial charge in [-0.05, 0) is 74.9 Å². The second-order valence-electron chi connectivity index (χ2n) is 16.2. The number of carbonyl (C=O) groups excluding carboxylic acids is 1. The molecule has 5 atom stereocenters. The Hall–Kier alpha value is -5.04. The fourth-order valence-electron chi connectivity index (χ4n) is 7.76. The first-order valence-corrected chi connectivity index (χ1v) is 21.8. The smallest absolute Gasteiger partial charge is 0.280 e. The van der Waals surface area contributed by atoms with Crippen molar-refractivity contribution < 1.29 is 28.4 Å². The summed E-state index contributed by atoms with van der Waals surface area (Å²) in [4.78, 5) is 36.8. The number of ether oxygens (including phenoxy) is 2. The predicted molar refractivity (Wildman–Crippen MR) is 234 cm³/mol. The molecule has 3 aromatic carbocycles. The Bertz CT molecular complexity index is 2340. The van der Waals surface area contributed by atoms with Crippen LogP contribution in [0, 0.1) is 17.2 Å². The number of hydrogen-bond acceptors (Lipinski definition) is 12. The van der Waals surface area contributed by atoms with Crippen molar-refractivity contribution in [1.29, 1.82) is 5.26 Å². The summed E-state index contributed by atoms with van der Waals surface area (Å²) < 4.78 is 29.8. The Morgan fingerprint density at radius 2 is 1.77 bits per heavy atom. The molecule has 0 bridgehead atoms. The molecule has 5 N–H and O–H groups in total. The van der Waals surface area contributed by atoms with E-state index < -0.39 is 37.6 Å². The quantitative estimate of drug-likeness (QED) is 0.0473. The van der Waals surface area contributed by atoms with Gasteiger partial charge in [-0.15, -0.1) is 0 Å². The van der Waals surface area contributed by atoms with Crippen molar-refractivity contribution in [2.75, 3.05) is 25.6 Å². The number of nitrogens with two attached hydrogens (primary N) is 1. The van der Waals surface area contributed by atoms with Crippen molar-refractivity contribution in [3.63, 3.8) is 0 Å². The van der Waals surface area contributed by atoms with Gasteiger partial charge in [0.25, 0.3) is 14.1 Å². The van der Waals surface area contributed by atoms with Gasteiger partial charge >= 0.3 is 0 Å². The fraction of sp³-hybridized carbons (Fsp3) is 0.444. The number of H-pyrrole nitrogens is 1. The Balaban J connectivity index is 1.30. The molecular formula is C45H57N8O7P. The summed E-state index contributed by atoms with van der Waals surface area (Å²) in [6, 6.07) is 27.8. The van der Waals surface area contributed by atoms with Crippen molar-refractivity contribution in [3.05, 3.63) is 118 Å². The van der Waals surface area contributed by atoms with Crippen molar-refractivity contribution in [1.82, 2.24) is 24.2 Å². The first-order chi connectivity index (χ1) is 29.2. The average Bonchev–Trinajstić information content (AvgIpc) is 3.87. The Kier molecular flexibility index (Phi) is 14.7. The molecule has 324 valence electrons. The van der Waals surface area contributed by atoms with E-state index in [0.717, 1.165) is 22.3 Å². The lowest BCUT2D eigenvalue weighted by molar-refractivity contribution is -0.118. The van der Waals surface area contributed by atoms with E-state index in [2.05, 4.69) is 58.7 Å². The highest BCUT2D eigenvalue weighted by molar-refractivity contribution is 7.44. The number of nitriles is 1. The molecule has 2 aromatic heterocycles. The molecular weight excluding hydrogens is 796 g/mol. The Morgan fingerprint density at radius 1 is 1.08 bits per heavy atom. The highest BCUT2D eigenvalue weighted by Gasteiger charge is 2.44. The van der Waals surface area contributed by atoms with Crippen molar-refractivity contribution in [2.24, 2.45) is 11.7 Å². The third-order valence-corrected chi connectivity index (χ3v) is 13.1. The van der Waals surface area contributed by atoms with Crippen LogP contribution >= 0.6 is 8.53 Å². The molecule has 0 radical (unpaired) electrons. The van der Waals surface area contributed by atoms with E-state index in [9.17, 15) is 20.0 Å². The van der Waals surface area contributed by atoms with Gasteiger partial charge < -0.3 is 29.4 Å². The van der Waals surface area contributed by atoms with Gasteiger partial charge in [0.1, 0.15) is 18.1 Å². The minimum absolute atomic E-state index is 0.00271. The standard InChI is InChI=1S/C45H57N8O7P/c1-29(2)41(55)50-43-49-40-39(42(56)51-43)48-28-52(40)38-20-22-44(59-38,23-25-54)27-58-61(53(30(3)4)31(5)6)60-37(21-24-46)32-12-11-15-35(26-32)45(47,33-13-9-8-10-14-33)34-16-18-36(57-7)19-17-34/h8-19,26,28-31,37-38,54H,20-23,25,27,47H2,1-7H3,(H2,49,50,51,55,56)/t37?,38-,44-,45?,61?/m1/s1. The topological polar surface area (TPSA) is 203 Å². The molecule has 3 heterocycles. The zero-order valence-electron chi connectivity index (χ0n) is 35.9. The van der Waals surface area contributed by atoms with E-state index in [0.29, 0.717) is 18.6 Å². The lowest BCUT2D eigenvalue weighted by Crippen LogP contribution is -2.39. The first kappa shape index (κ1) is 45.5. The van der Waals surface area contributed by atoms with E-state index in [1.807, 2.05) is 78.9 Å². The number of imidazole rings is 1. The zero-order valence-corrected chi connectivity index (χ0v) is 36.8. The maximum absolute atomic E-state index is 13.0. The van der Waals surface area contributed by atoms with Gasteiger partial charge in [0, 0.05) is 31.0 Å². The maximum Gasteiger partial charge on any atom is 0.280 e. The largest absolute Gasteiger partial charge is 0.497 e. The number of methoxy groups -OCH3 is 1. The number of nitrogens with one attached hydrogen (secondary N) is 2. The number of hydrogen-bond donors (Lipinski definition) is 4. The molecule has 6 rings (SSSR count). The minimum Gasteiger partial charge on any atom is -0.497 e. The monoisotopic (exact) mass is 852 g/mol. The van der Waals surface area contributed by atoms with E-state index >= 15 is 0 Å². The molecule has 1 fully saturated rings. The minimum atomic E-state index is -1.82. The molecule has 3 unspecified atom stereocenters. The summed E-state index contributed by atoms with van der Waals surface area (Å²) in [5.74, 6) is 0.115. The number of amides is 1. The lowest BCUT2D eigenvalue weighted by Gasteiger charge is -2.39. The summed E-state index contributed by atoms with van der Waals surface area (Å²) in [5.41, 5.74) is 8.66. The van der Waals surface area contributed by atoms with Crippen LogP contribution in [0.3, 0.4) is 0 Å². The van der Waals surface area contributed by atoms with Crippen LogP contribution in [-0.2, 0) is 24.1 Å². The van der Waals surface area contributed by atoms with Crippen molar-refractivity contribution in [3.8, 4) is 11.8 Å². The SMILES string of the molecule is COc1ccc(C(N)(c2ccccc2)c2cccc(C(CC#N)OP(OC[C@]3(CCO)CC[C@H](n4cnc5c(=O)[nH]c(NC(=O)C(C)C)nc54)O3)N(C(C)C)C(C)C)c2)cc1. The number of aliphatic hydroxyl groups excluding tert-OH is 1. The predicted octanol–water partition coefficient (Wildman–Crippen LogP) is 7.44. The van der Waals surface area contributed by atoms with Gasteiger partial charge in [-0.25, -0.2) is 9.65 Å². The van der Waals surface area contributed by atoms with Crippen LogP contribution in [0.5, 0.6) is 5.75 Å². The number of nitrogens with zero attached hydrogens (tertiary/aromatic N) is 5. The van der Waals surface area contributed by atoms with Gasteiger partial charge in [-0.1, -0.05) is 80.6 Å². The van der Waals surface area contributed by atoms with Crippen LogP contribution in [0.15, 0.2) is 90.0 Å². The number of rotatable bonds is 19. The molecule has 61 heavy (non-hydrogen) atoms. The number of aliphatic hydroxyl groups is 1. The van der Waals surface area contributed by atoms with Crippen LogP contribution in [-0.4, -0.2) is 73.2 Å². The summed E-state index contributed by atoms with van der Waals surface area (Å²) >= 11 is 0. The van der Waals surface area contributed by atoms with E-state index in [-0.39, 0.29) is 67.1 Å². The first-order valence-electron chi connectivity index (χ1n) is 20.6. The van der Waals surface area contributed by atoms with Gasteiger partial charge in [-0.2, -0.15) is 10.2 Å². The third-order valence-electron chi connectivity index (χ3n) is 11.0. The molecule has 0 spiro atoms. The second-order valence-corrected chi connectivity index (χ2v) is 17.6. The highest BCUT2D eigenvalue weighted by atomic mass is 31.2. The summed E-state index contributed by atoms with van der Waals surface area (Å²) in [5, 5.41) is 23.2. The molecule has 0 aliphatic carbocycles. The van der Waals surface area contributed by atoms with Crippen LogP contribution in [0.2, 0.25) is 0 Å². The summed E-state index contributed by atoms with van der Waals surface area (Å²) in [6.07, 6.45) is 1.54. The van der Waals surface area contributed by atoms with Gasteiger partial charge in [-0.3, -0.25) is 24.5 Å². The van der Waals surface area contributed by atoms with Crippen LogP contribution in [0.1, 0.15) is 102 Å². The zero-order chi connectivity index (χ0) is 43.9. The number of anilines is 1. The van der Waals surface area contributed by atoms with Crippen LogP contribution < -0.4 is 21.3 Å². The average molecular weight is 853 g/mol.